The Hall–Kier alpha value is -12.2. The second kappa shape index (κ2) is 32.0. The number of alkyl halides is 5. The van der Waals surface area contributed by atoms with Gasteiger partial charge in [0.1, 0.15) is 0 Å². The Morgan fingerprint density at radius 2 is 0.669 bits per heavy atom. The molecule has 4 saturated heterocycles. The molecule has 12 atom stereocenters. The van der Waals surface area contributed by atoms with E-state index in [1.807, 2.05) is 14.7 Å². The Labute approximate surface area is 677 Å². The number of halogens is 5. The molecule has 12 heterocycles. The smallest absolute Gasteiger partial charge is 0.335 e. The highest BCUT2D eigenvalue weighted by Gasteiger charge is 2.60. The Balaban J connectivity index is 0.000000109. The van der Waals surface area contributed by atoms with Gasteiger partial charge in [0.15, 0.2) is 0 Å². The fourth-order valence-electron chi connectivity index (χ4n) is 20.4. The van der Waals surface area contributed by atoms with E-state index in [1.165, 1.54) is 87.3 Å². The Morgan fingerprint density at radius 1 is 0.364 bits per heavy atom. The summed E-state index contributed by atoms with van der Waals surface area (Å²) < 4.78 is 73.2. The van der Waals surface area contributed by atoms with Crippen molar-refractivity contribution in [2.75, 3.05) is 52.4 Å². The van der Waals surface area contributed by atoms with E-state index in [9.17, 15) is 41.1 Å². The first-order valence-electron chi connectivity index (χ1n) is 41.0. The maximum atomic E-state index is 14.1. The molecule has 4 saturated carbocycles. The summed E-state index contributed by atoms with van der Waals surface area (Å²) in [6.07, 6.45) is 16.7. The van der Waals surface area contributed by atoms with Gasteiger partial charge in [-0.15, -0.1) is 20.4 Å². The maximum absolute atomic E-state index is 14.1. The molecule has 0 bridgehead atoms. The molecular formula is C89H89F5N20O4. The summed E-state index contributed by atoms with van der Waals surface area (Å²) in [7, 11) is 0. The summed E-state index contributed by atoms with van der Waals surface area (Å²) in [4.78, 5) is 92.5. The molecule has 8 aliphatic rings. The van der Waals surface area contributed by atoms with Gasteiger partial charge in [0, 0.05) is 107 Å². The van der Waals surface area contributed by atoms with Gasteiger partial charge < -0.3 is 19.6 Å². The minimum atomic E-state index is -5.66. The van der Waals surface area contributed by atoms with E-state index < -0.39 is 23.6 Å². The van der Waals surface area contributed by atoms with E-state index >= 15 is 0 Å². The molecule has 4 aliphatic carbocycles. The minimum Gasteiger partial charge on any atom is -0.335 e. The normalized spacial score (nSPS) is 23.7. The van der Waals surface area contributed by atoms with Crippen molar-refractivity contribution in [3.8, 4) is 11.1 Å². The zero-order valence-electron chi connectivity index (χ0n) is 65.5. The molecule has 4 aliphatic heterocycles. The van der Waals surface area contributed by atoms with Crippen LogP contribution in [-0.4, -0.2) is 180 Å². The number of aryl methyl sites for hydroxylation is 1. The second-order valence-corrected chi connectivity index (χ2v) is 33.2. The number of rotatable bonds is 12. The van der Waals surface area contributed by atoms with Crippen molar-refractivity contribution in [2.45, 2.75) is 120 Å². The summed E-state index contributed by atoms with van der Waals surface area (Å²) in [6.45, 7) is 12.4. The van der Waals surface area contributed by atoms with Gasteiger partial charge in [-0.05, 0) is 203 Å². The van der Waals surface area contributed by atoms with E-state index in [-0.39, 0.29) is 64.3 Å². The van der Waals surface area contributed by atoms with Gasteiger partial charge in [-0.3, -0.25) is 19.2 Å². The number of hydrogen-bond donors (Lipinski definition) is 0. The van der Waals surface area contributed by atoms with E-state index in [4.69, 9.17) is 0 Å². The molecule has 21 rings (SSSR count). The number of hydrogen-bond acceptors (Lipinski definition) is 16. The fourth-order valence-corrected chi connectivity index (χ4v) is 20.4. The highest BCUT2D eigenvalue weighted by atomic mass is 19.4. The van der Waals surface area contributed by atoms with E-state index in [1.54, 1.807) is 92.3 Å². The average Bonchev–Trinajstić information content (AvgIpc) is 1.53. The van der Waals surface area contributed by atoms with Crippen molar-refractivity contribution in [3.05, 3.63) is 263 Å². The van der Waals surface area contributed by atoms with Gasteiger partial charge in [0.2, 0.25) is 23.3 Å². The Bertz CT molecular complexity index is 5680. The fraction of sp³-hybridized carbons (Fsp3) is 0.393. The first-order chi connectivity index (χ1) is 57.2. The molecule has 118 heavy (non-hydrogen) atoms. The SMILES string of the molecule is CC(C)c1ccccc1C1C[C@@H]2CN(C(=O)c3nc4ncccn4n3)C[C@@H]2C1.CCc1ccccc1C1C[C@@H]2CN(C(=O)c3nc4ncccn4n3)C[C@@H]2C1.O=C(c1nc2ncccn2n1)N1C[C@H]2CC(c3ccccc3-c3ccccc3)C[C@H]2C1.O=C(c1nc2ncccn2n1)N1C[C@H]2CC(c3ccccc3C(F)(F)C(F)(F)F)C[C@H]2C1. The van der Waals surface area contributed by atoms with Gasteiger partial charge in [0.05, 0.1) is 0 Å². The third kappa shape index (κ3) is 15.2. The van der Waals surface area contributed by atoms with Crippen LogP contribution in [0.3, 0.4) is 0 Å². The van der Waals surface area contributed by atoms with Crippen molar-refractivity contribution in [1.82, 2.24) is 97.9 Å². The summed E-state index contributed by atoms with van der Waals surface area (Å²) >= 11 is 0. The molecule has 8 fully saturated rings. The van der Waals surface area contributed by atoms with Crippen LogP contribution in [0.1, 0.15) is 183 Å². The van der Waals surface area contributed by atoms with Crippen LogP contribution in [0.5, 0.6) is 0 Å². The zero-order valence-corrected chi connectivity index (χ0v) is 65.5. The van der Waals surface area contributed by atoms with Gasteiger partial charge >= 0.3 is 12.1 Å². The monoisotopic (exact) mass is 1600 g/mol. The third-order valence-corrected chi connectivity index (χ3v) is 25.9. The van der Waals surface area contributed by atoms with Crippen molar-refractivity contribution in [2.24, 2.45) is 47.3 Å². The van der Waals surface area contributed by atoms with Crippen LogP contribution >= 0.6 is 0 Å². The number of carbonyl (C=O) groups excluding carboxylic acids is 4. The molecule has 0 spiro atoms. The van der Waals surface area contributed by atoms with Crippen molar-refractivity contribution < 1.29 is 41.1 Å². The molecular weight excluding hydrogens is 1510 g/mol. The van der Waals surface area contributed by atoms with E-state index in [2.05, 4.69) is 184 Å². The molecule has 13 aromatic rings. The quantitative estimate of drug-likeness (QED) is 0.103. The molecule has 0 radical (unpaired) electrons. The third-order valence-electron chi connectivity index (χ3n) is 25.9. The van der Waals surface area contributed by atoms with Crippen LogP contribution in [0, 0.1) is 47.3 Å². The van der Waals surface area contributed by atoms with Crippen LogP contribution in [0.2, 0.25) is 0 Å². The number of fused-ring (bicyclic) bond motifs is 8. The lowest BCUT2D eigenvalue weighted by atomic mass is 9.87. The molecule has 24 nitrogen and oxygen atoms in total. The Kier molecular flexibility index (Phi) is 20.9. The maximum Gasteiger partial charge on any atom is 0.458 e. The summed E-state index contributed by atoms with van der Waals surface area (Å²) in [5, 5.41) is 17.0. The number of aromatic nitrogens is 16. The minimum absolute atomic E-state index is 0.0201. The molecule has 4 amide bonds. The molecule has 29 heteroatoms. The van der Waals surface area contributed by atoms with Crippen LogP contribution < -0.4 is 0 Å². The number of likely N-dealkylation sites (tertiary alicyclic amines) is 4. The first kappa shape index (κ1) is 77.1. The molecule has 8 aromatic heterocycles. The van der Waals surface area contributed by atoms with Gasteiger partial charge in [0.25, 0.3) is 46.7 Å². The van der Waals surface area contributed by atoms with Gasteiger partial charge in [-0.1, -0.05) is 148 Å². The zero-order chi connectivity index (χ0) is 81.1. The molecule has 604 valence electrons. The van der Waals surface area contributed by atoms with Crippen LogP contribution in [0.25, 0.3) is 34.2 Å². The van der Waals surface area contributed by atoms with Crippen molar-refractivity contribution >= 4 is 46.7 Å². The predicted octanol–water partition coefficient (Wildman–Crippen LogP) is 14.6. The van der Waals surface area contributed by atoms with Crippen LogP contribution in [0.15, 0.2) is 201 Å². The van der Waals surface area contributed by atoms with Crippen LogP contribution in [0.4, 0.5) is 22.0 Å². The number of nitrogens with zero attached hydrogens (tertiary/aromatic N) is 20. The summed E-state index contributed by atoms with van der Waals surface area (Å²) in [6, 6.07) is 49.0. The summed E-state index contributed by atoms with van der Waals surface area (Å²) in [5.74, 6) is 2.34. The molecule has 5 aromatic carbocycles. The lowest BCUT2D eigenvalue weighted by molar-refractivity contribution is -0.289. The van der Waals surface area contributed by atoms with E-state index in [0.717, 1.165) is 64.6 Å². The predicted molar refractivity (Wildman–Crippen MR) is 427 cm³/mol. The number of benzene rings is 5. The Morgan fingerprint density at radius 3 is 1.03 bits per heavy atom. The van der Waals surface area contributed by atoms with Crippen LogP contribution in [-0.2, 0) is 12.3 Å². The highest BCUT2D eigenvalue weighted by Crippen LogP contribution is 2.54. The first-order valence-corrected chi connectivity index (χ1v) is 41.0. The standard InChI is InChI=1S/C25H23N5O.C22H25N5O.C21H18F5N5O.C21H23N5O/c31-24(23-27-25-26-11-6-12-30(25)28-23)29-15-19-13-18(14-20(19)16-29)22-10-5-4-9-21(22)17-7-2-1-3-8-17;1-14(2)18-6-3-4-7-19(18)15-10-16-12-26(13-17(16)11-15)21(28)20-24-22-23-8-5-9-27(22)25-20;22-20(23,21(24,25)26)16-5-2-1-4-15(16)12-8-13-10-30(11-14(13)9-12)18(32)17-28-19-27-6-3-7-31(19)29-17;1-2-14-6-3-4-7-18(14)15-10-16-12-25(13-17(16)11-15)20(27)19-23-21-22-8-5-9-26(21)24-19/h1-12,18-20H,13-16H2;3-9,14-17H,10-13H2,1-2H3;1-7,12-14H,8-11H2;3-9,15-17H,2,10-13H2,1H3/t18?,19-,20+;15?,16-,17+;12?,13-,14+;15?,16-,17+. The van der Waals surface area contributed by atoms with Crippen molar-refractivity contribution in [1.29, 1.82) is 0 Å². The van der Waals surface area contributed by atoms with Gasteiger partial charge in [-0.2, -0.15) is 41.9 Å². The molecule has 0 N–H and O–H groups in total. The number of carbonyl (C=O) groups is 4. The highest BCUT2D eigenvalue weighted by molar-refractivity contribution is 5.93. The van der Waals surface area contributed by atoms with Crippen molar-refractivity contribution in [3.63, 3.8) is 0 Å². The average molecular weight is 1600 g/mol. The lowest BCUT2D eigenvalue weighted by Crippen LogP contribution is -2.35. The largest absolute Gasteiger partial charge is 0.458 e. The van der Waals surface area contributed by atoms with E-state index in [0.29, 0.717) is 108 Å². The number of amides is 4. The summed E-state index contributed by atoms with van der Waals surface area (Å²) in [5.41, 5.74) is 9.08. The topological polar surface area (TPSA) is 254 Å². The van der Waals surface area contributed by atoms with Gasteiger partial charge in [-0.25, -0.2) is 38.0 Å². The second-order valence-electron chi connectivity index (χ2n) is 33.2. The lowest BCUT2D eigenvalue weighted by Gasteiger charge is -2.25. The molecule has 4 unspecified atom stereocenters.